The van der Waals surface area contributed by atoms with Crippen molar-refractivity contribution in [2.75, 3.05) is 0 Å². The van der Waals surface area contributed by atoms with Crippen LogP contribution in [0.5, 0.6) is 0 Å². The number of aromatic nitrogens is 1. The summed E-state index contributed by atoms with van der Waals surface area (Å²) in [5.41, 5.74) is 17.3. The Morgan fingerprint density at radius 3 is 1.81 bits per heavy atom. The van der Waals surface area contributed by atoms with E-state index in [0.717, 1.165) is 33.5 Å². The molecule has 4 heterocycles. The maximum Gasteiger partial charge on any atom is 0.249 e. The Hall–Kier alpha value is -4.16. The predicted molar refractivity (Wildman–Crippen MR) is 152 cm³/mol. The van der Waals surface area contributed by atoms with Gasteiger partial charge in [0.25, 0.3) is 0 Å². The molecule has 0 spiro atoms. The minimum Gasteiger partial charge on any atom is -0.445 e. The SMILES string of the molecule is CC1(C)O[C@@H](C(N)=O)[C@H](C2=NC=C(c3ccc(-c4ccc(-c5coc([C@@H]6OC(C)(C)O[C@H]6C(N)=O)n5)cc4)cc3)C2)O1. The summed E-state index contributed by atoms with van der Waals surface area (Å²) in [5.74, 6) is -2.87. The van der Waals surface area contributed by atoms with Crippen molar-refractivity contribution >= 4 is 23.1 Å². The number of nitrogens with zero attached hydrogens (tertiary/aromatic N) is 2. The van der Waals surface area contributed by atoms with E-state index in [1.807, 2.05) is 48.5 Å². The van der Waals surface area contributed by atoms with Gasteiger partial charge in [0.2, 0.25) is 17.7 Å². The van der Waals surface area contributed by atoms with Crippen LogP contribution in [0.1, 0.15) is 51.7 Å². The highest BCUT2D eigenvalue weighted by molar-refractivity contribution is 6.04. The first-order valence-electron chi connectivity index (χ1n) is 13.6. The topological polar surface area (TPSA) is 161 Å². The molecule has 0 aliphatic carbocycles. The normalized spacial score (nSPS) is 26.2. The summed E-state index contributed by atoms with van der Waals surface area (Å²) in [4.78, 5) is 32.8. The molecule has 2 saturated heterocycles. The lowest BCUT2D eigenvalue weighted by Crippen LogP contribution is -2.40. The number of nitrogens with two attached hydrogens (primary N) is 2. The van der Waals surface area contributed by atoms with Crippen LogP contribution >= 0.6 is 0 Å². The van der Waals surface area contributed by atoms with Crippen LogP contribution < -0.4 is 11.5 Å². The second-order valence-corrected chi connectivity index (χ2v) is 11.4. The van der Waals surface area contributed by atoms with Gasteiger partial charge < -0.3 is 34.8 Å². The summed E-state index contributed by atoms with van der Waals surface area (Å²) >= 11 is 0. The third-order valence-electron chi connectivity index (χ3n) is 7.38. The van der Waals surface area contributed by atoms with E-state index in [1.165, 1.54) is 6.26 Å². The van der Waals surface area contributed by atoms with Gasteiger partial charge in [-0.3, -0.25) is 14.6 Å². The Morgan fingerprint density at radius 1 is 0.738 bits per heavy atom. The summed E-state index contributed by atoms with van der Waals surface area (Å²) < 4.78 is 28.7. The number of carbonyl (C=O) groups is 2. The fraction of sp³-hybridized carbons (Fsp3) is 0.355. The van der Waals surface area contributed by atoms with Gasteiger partial charge in [-0.25, -0.2) is 4.98 Å². The van der Waals surface area contributed by atoms with Gasteiger partial charge in [-0.05, 0) is 50.0 Å². The minimum atomic E-state index is -0.987. The zero-order valence-electron chi connectivity index (χ0n) is 23.7. The van der Waals surface area contributed by atoms with Crippen LogP contribution in [-0.4, -0.2) is 52.4 Å². The molecule has 3 aliphatic heterocycles. The van der Waals surface area contributed by atoms with Gasteiger partial charge >= 0.3 is 0 Å². The van der Waals surface area contributed by atoms with Crippen molar-refractivity contribution in [3.8, 4) is 22.4 Å². The molecule has 0 saturated carbocycles. The van der Waals surface area contributed by atoms with E-state index in [2.05, 4.69) is 9.98 Å². The fourth-order valence-electron chi connectivity index (χ4n) is 5.42. The maximum atomic E-state index is 11.9. The molecule has 1 aromatic heterocycles. The number of primary amides is 2. The van der Waals surface area contributed by atoms with E-state index in [9.17, 15) is 9.59 Å². The second kappa shape index (κ2) is 10.3. The molecule has 2 amide bonds. The smallest absolute Gasteiger partial charge is 0.249 e. The Bertz CT molecular complexity index is 1590. The molecule has 3 aromatic rings. The fourth-order valence-corrected chi connectivity index (χ4v) is 5.42. The number of amides is 2. The third kappa shape index (κ3) is 5.39. The van der Waals surface area contributed by atoms with Crippen LogP contribution in [-0.2, 0) is 28.5 Å². The summed E-state index contributed by atoms with van der Waals surface area (Å²) in [5, 5.41) is 0. The first-order chi connectivity index (χ1) is 19.9. The molecule has 218 valence electrons. The first-order valence-corrected chi connectivity index (χ1v) is 13.6. The van der Waals surface area contributed by atoms with Crippen molar-refractivity contribution in [2.45, 2.75) is 70.1 Å². The zero-order chi connectivity index (χ0) is 29.8. The largest absolute Gasteiger partial charge is 0.445 e. The molecule has 4 N–H and O–H groups in total. The summed E-state index contributed by atoms with van der Waals surface area (Å²) in [6, 6.07) is 16.1. The van der Waals surface area contributed by atoms with Crippen LogP contribution in [0, 0.1) is 0 Å². The van der Waals surface area contributed by atoms with Crippen LogP contribution in [0.25, 0.3) is 28.0 Å². The molecule has 11 nitrogen and oxygen atoms in total. The van der Waals surface area contributed by atoms with Crippen molar-refractivity contribution < 1.29 is 33.0 Å². The number of ether oxygens (including phenoxy) is 4. The predicted octanol–water partition coefficient (Wildman–Crippen LogP) is 3.88. The van der Waals surface area contributed by atoms with E-state index in [4.69, 9.17) is 34.8 Å². The molecule has 6 rings (SSSR count). The van der Waals surface area contributed by atoms with Gasteiger partial charge in [-0.15, -0.1) is 0 Å². The molecule has 0 bridgehead atoms. The third-order valence-corrected chi connectivity index (χ3v) is 7.38. The standard InChI is InChI=1S/C31H32N4O7/c1-30(2)39-23(24(40-30)27(32)36)21-13-20(14-34-21)18-7-5-16(6-8-18)17-9-11-19(12-10-17)22-15-38-29(35-22)26-25(28(33)37)41-31(3,4)42-26/h5-12,14-15,23-26H,13H2,1-4H3,(H2,32,36)(H2,33,37)/t23-,24+,25+,26+/m0/s1. The second-order valence-electron chi connectivity index (χ2n) is 11.4. The van der Waals surface area contributed by atoms with Crippen molar-refractivity contribution in [2.24, 2.45) is 16.5 Å². The Labute approximate surface area is 242 Å². The monoisotopic (exact) mass is 572 g/mol. The molecule has 42 heavy (non-hydrogen) atoms. The number of allylic oxidation sites excluding steroid dienone is 1. The number of rotatable bonds is 7. The first kappa shape index (κ1) is 28.0. The average Bonchev–Trinajstić information content (AvgIpc) is 3.73. The average molecular weight is 573 g/mol. The highest BCUT2D eigenvalue weighted by Crippen LogP contribution is 2.39. The van der Waals surface area contributed by atoms with Gasteiger partial charge in [0.1, 0.15) is 18.1 Å². The molecule has 11 heteroatoms. The highest BCUT2D eigenvalue weighted by atomic mass is 16.8. The molecule has 4 atom stereocenters. The molecular formula is C31H32N4O7. The number of aliphatic imine (C=N–C) groups is 1. The van der Waals surface area contributed by atoms with Crippen LogP contribution in [0.2, 0.25) is 0 Å². The quantitative estimate of drug-likeness (QED) is 0.431. The molecule has 0 unspecified atom stereocenters. The van der Waals surface area contributed by atoms with Crippen molar-refractivity contribution in [3.63, 3.8) is 0 Å². The Balaban J connectivity index is 1.12. The van der Waals surface area contributed by atoms with Gasteiger partial charge in [0, 0.05) is 18.2 Å². The summed E-state index contributed by atoms with van der Waals surface area (Å²) in [6.07, 6.45) is 0.567. The van der Waals surface area contributed by atoms with Crippen LogP contribution in [0.4, 0.5) is 0 Å². The molecule has 3 aliphatic rings. The maximum absolute atomic E-state index is 11.9. The van der Waals surface area contributed by atoms with Crippen LogP contribution in [0.3, 0.4) is 0 Å². The zero-order valence-corrected chi connectivity index (χ0v) is 23.7. The number of hydrogen-bond acceptors (Lipinski definition) is 9. The Morgan fingerprint density at radius 2 is 1.24 bits per heavy atom. The van der Waals surface area contributed by atoms with Crippen LogP contribution in [0.15, 0.2) is 70.4 Å². The molecule has 2 aromatic carbocycles. The minimum absolute atomic E-state index is 0.230. The van der Waals surface area contributed by atoms with Gasteiger partial charge in [0.05, 0.1) is 5.71 Å². The van der Waals surface area contributed by atoms with Gasteiger partial charge in [-0.2, -0.15) is 0 Å². The van der Waals surface area contributed by atoms with E-state index >= 15 is 0 Å². The lowest BCUT2D eigenvalue weighted by Gasteiger charge is -2.17. The molecule has 0 radical (unpaired) electrons. The van der Waals surface area contributed by atoms with Crippen molar-refractivity contribution in [3.05, 3.63) is 72.4 Å². The highest BCUT2D eigenvalue weighted by Gasteiger charge is 2.48. The number of benzene rings is 2. The lowest BCUT2D eigenvalue weighted by molar-refractivity contribution is -0.155. The Kier molecular flexibility index (Phi) is 6.85. The summed E-state index contributed by atoms with van der Waals surface area (Å²) in [7, 11) is 0. The number of oxazole rings is 1. The van der Waals surface area contributed by atoms with E-state index in [1.54, 1.807) is 33.9 Å². The van der Waals surface area contributed by atoms with Gasteiger partial charge in [0.15, 0.2) is 29.9 Å². The molecular weight excluding hydrogens is 540 g/mol. The number of hydrogen-bond donors (Lipinski definition) is 2. The summed E-state index contributed by atoms with van der Waals surface area (Å²) in [6.45, 7) is 6.91. The number of carbonyl (C=O) groups excluding carboxylic acids is 2. The van der Waals surface area contributed by atoms with E-state index in [0.29, 0.717) is 12.1 Å². The lowest BCUT2D eigenvalue weighted by atomic mass is 9.96. The van der Waals surface area contributed by atoms with E-state index in [-0.39, 0.29) is 5.89 Å². The molecule has 2 fully saturated rings. The van der Waals surface area contributed by atoms with Crippen molar-refractivity contribution in [1.82, 2.24) is 4.98 Å². The van der Waals surface area contributed by atoms with Gasteiger partial charge in [-0.1, -0.05) is 48.5 Å². The van der Waals surface area contributed by atoms with Crippen molar-refractivity contribution in [1.29, 1.82) is 0 Å². The van der Waals surface area contributed by atoms with E-state index < -0.39 is 47.8 Å².